The summed E-state index contributed by atoms with van der Waals surface area (Å²) in [6.45, 7) is 4.50. The molecule has 0 heterocycles. The average Bonchev–Trinajstić information content (AvgIpc) is 2.66. The van der Waals surface area contributed by atoms with Crippen LogP contribution in [-0.2, 0) is 28.8 Å². The van der Waals surface area contributed by atoms with Gasteiger partial charge in [0.15, 0.2) is 0 Å². The molecule has 0 fully saturated rings. The van der Waals surface area contributed by atoms with E-state index in [-0.39, 0.29) is 5.92 Å². The third kappa shape index (κ3) is 10.2. The lowest BCUT2D eigenvalue weighted by Crippen LogP contribution is -2.60. The summed E-state index contributed by atoms with van der Waals surface area (Å²) < 4.78 is 0. The summed E-state index contributed by atoms with van der Waals surface area (Å²) in [4.78, 5) is 70.1. The Bertz CT molecular complexity index is 725. The third-order valence-electron chi connectivity index (χ3n) is 4.36. The lowest BCUT2D eigenvalue weighted by Gasteiger charge is -2.26. The highest BCUT2D eigenvalue weighted by Crippen LogP contribution is 2.05. The van der Waals surface area contributed by atoms with Crippen LogP contribution in [0, 0.1) is 5.92 Å². The molecular formula is C18H30N4O10. The van der Waals surface area contributed by atoms with Crippen molar-refractivity contribution in [3.05, 3.63) is 0 Å². The Morgan fingerprint density at radius 2 is 1.31 bits per heavy atom. The number of carboxylic acids is 3. The zero-order valence-corrected chi connectivity index (χ0v) is 17.9. The van der Waals surface area contributed by atoms with Gasteiger partial charge in [0.2, 0.25) is 17.7 Å². The van der Waals surface area contributed by atoms with Gasteiger partial charge in [-0.05, 0) is 19.3 Å². The molecule has 0 aromatic carbocycles. The maximum atomic E-state index is 12.6. The van der Waals surface area contributed by atoms with Crippen molar-refractivity contribution in [1.82, 2.24) is 16.0 Å². The van der Waals surface area contributed by atoms with E-state index in [1.165, 1.54) is 6.92 Å². The molecule has 9 N–H and O–H groups in total. The van der Waals surface area contributed by atoms with Crippen molar-refractivity contribution in [2.75, 3.05) is 0 Å². The number of aliphatic hydroxyl groups is 1. The van der Waals surface area contributed by atoms with Crippen LogP contribution in [0.15, 0.2) is 0 Å². The third-order valence-corrected chi connectivity index (χ3v) is 4.36. The Morgan fingerprint density at radius 1 is 0.781 bits per heavy atom. The number of carbonyl (C=O) groups excluding carboxylic acids is 3. The van der Waals surface area contributed by atoms with Crippen LogP contribution in [0.25, 0.3) is 0 Å². The van der Waals surface area contributed by atoms with Crippen molar-refractivity contribution in [2.45, 2.75) is 70.3 Å². The number of aliphatic carboxylic acids is 3. The topological polar surface area (TPSA) is 245 Å². The molecule has 0 aliphatic heterocycles. The van der Waals surface area contributed by atoms with Gasteiger partial charge in [-0.3, -0.25) is 24.0 Å². The van der Waals surface area contributed by atoms with E-state index >= 15 is 0 Å². The minimum absolute atomic E-state index is 0.288. The quantitative estimate of drug-likeness (QED) is 0.131. The summed E-state index contributed by atoms with van der Waals surface area (Å²) in [6.07, 6.45) is -3.46. The Morgan fingerprint density at radius 3 is 1.72 bits per heavy atom. The lowest BCUT2D eigenvalue weighted by atomic mass is 10.0. The van der Waals surface area contributed by atoms with Gasteiger partial charge >= 0.3 is 17.9 Å². The second-order valence-corrected chi connectivity index (χ2v) is 7.49. The van der Waals surface area contributed by atoms with E-state index in [2.05, 4.69) is 10.6 Å². The van der Waals surface area contributed by atoms with Crippen molar-refractivity contribution >= 4 is 35.6 Å². The van der Waals surface area contributed by atoms with Crippen molar-refractivity contribution in [3.63, 3.8) is 0 Å². The predicted octanol–water partition coefficient (Wildman–Crippen LogP) is -2.77. The summed E-state index contributed by atoms with van der Waals surface area (Å²) >= 11 is 0. The second kappa shape index (κ2) is 13.2. The minimum Gasteiger partial charge on any atom is -0.481 e. The zero-order chi connectivity index (χ0) is 25.2. The number of aliphatic hydroxyl groups excluding tert-OH is 1. The normalized spacial score (nSPS) is 15.6. The SMILES string of the molecule is CC(C)C(N)C(=O)NC(C(=O)NC(CCC(=O)O)C(=O)NC(CC(=O)O)C(=O)O)C(C)O. The summed E-state index contributed by atoms with van der Waals surface area (Å²) in [5.41, 5.74) is 5.70. The maximum absolute atomic E-state index is 12.6. The van der Waals surface area contributed by atoms with E-state index in [0.29, 0.717) is 0 Å². The highest BCUT2D eigenvalue weighted by Gasteiger charge is 2.33. The van der Waals surface area contributed by atoms with Gasteiger partial charge in [-0.15, -0.1) is 0 Å². The molecule has 3 amide bonds. The number of nitrogens with one attached hydrogen (secondary N) is 3. The molecule has 0 saturated carbocycles. The molecule has 0 bridgehead atoms. The van der Waals surface area contributed by atoms with Crippen molar-refractivity contribution < 1.29 is 49.2 Å². The molecular weight excluding hydrogens is 432 g/mol. The number of carboxylic acid groups (broad SMARTS) is 3. The highest BCUT2D eigenvalue weighted by atomic mass is 16.4. The molecule has 0 aromatic heterocycles. The monoisotopic (exact) mass is 462 g/mol. The van der Waals surface area contributed by atoms with Crippen molar-refractivity contribution in [3.8, 4) is 0 Å². The molecule has 5 unspecified atom stereocenters. The van der Waals surface area contributed by atoms with Crippen LogP contribution in [0.5, 0.6) is 0 Å². The lowest BCUT2D eigenvalue weighted by molar-refractivity contribution is -0.147. The molecule has 32 heavy (non-hydrogen) atoms. The van der Waals surface area contributed by atoms with E-state index in [0.717, 1.165) is 0 Å². The van der Waals surface area contributed by atoms with Gasteiger partial charge in [-0.25, -0.2) is 4.79 Å². The minimum atomic E-state index is -1.83. The van der Waals surface area contributed by atoms with Crippen LogP contribution in [0.1, 0.15) is 40.0 Å². The molecule has 0 aliphatic carbocycles. The Balaban J connectivity index is 5.54. The van der Waals surface area contributed by atoms with E-state index in [1.54, 1.807) is 13.8 Å². The van der Waals surface area contributed by atoms with Crippen LogP contribution in [0.2, 0.25) is 0 Å². The number of carbonyl (C=O) groups is 6. The summed E-state index contributed by atoms with van der Waals surface area (Å²) in [5.74, 6) is -7.73. The largest absolute Gasteiger partial charge is 0.481 e. The molecule has 0 aromatic rings. The average molecular weight is 462 g/mol. The fourth-order valence-corrected chi connectivity index (χ4v) is 2.40. The van der Waals surface area contributed by atoms with Crippen LogP contribution in [-0.4, -0.2) is 86.3 Å². The van der Waals surface area contributed by atoms with Gasteiger partial charge in [0.1, 0.15) is 18.1 Å². The van der Waals surface area contributed by atoms with Gasteiger partial charge in [-0.2, -0.15) is 0 Å². The molecule has 0 spiro atoms. The molecule has 182 valence electrons. The molecule has 14 heteroatoms. The predicted molar refractivity (Wildman–Crippen MR) is 107 cm³/mol. The number of hydrogen-bond acceptors (Lipinski definition) is 8. The van der Waals surface area contributed by atoms with Gasteiger partial charge in [0, 0.05) is 6.42 Å². The van der Waals surface area contributed by atoms with E-state index in [9.17, 15) is 33.9 Å². The first-order chi connectivity index (χ1) is 14.7. The Labute approximate surface area is 183 Å². The summed E-state index contributed by atoms with van der Waals surface area (Å²) in [5, 5.41) is 42.9. The summed E-state index contributed by atoms with van der Waals surface area (Å²) in [7, 11) is 0. The van der Waals surface area contributed by atoms with E-state index in [4.69, 9.17) is 21.1 Å². The smallest absolute Gasteiger partial charge is 0.326 e. The molecule has 0 radical (unpaired) electrons. The first-order valence-electron chi connectivity index (χ1n) is 9.68. The van der Waals surface area contributed by atoms with Crippen LogP contribution < -0.4 is 21.7 Å². The Hall–Kier alpha value is -3.26. The maximum Gasteiger partial charge on any atom is 0.326 e. The number of hydrogen-bond donors (Lipinski definition) is 8. The number of amides is 3. The molecule has 5 atom stereocenters. The first kappa shape index (κ1) is 28.7. The van der Waals surface area contributed by atoms with Crippen LogP contribution >= 0.6 is 0 Å². The number of nitrogens with two attached hydrogens (primary N) is 1. The second-order valence-electron chi connectivity index (χ2n) is 7.49. The van der Waals surface area contributed by atoms with Gasteiger partial charge in [0.05, 0.1) is 18.6 Å². The molecule has 14 nitrogen and oxygen atoms in total. The van der Waals surface area contributed by atoms with Crippen molar-refractivity contribution in [1.29, 1.82) is 0 Å². The van der Waals surface area contributed by atoms with Crippen molar-refractivity contribution in [2.24, 2.45) is 11.7 Å². The van der Waals surface area contributed by atoms with Crippen LogP contribution in [0.4, 0.5) is 0 Å². The van der Waals surface area contributed by atoms with E-state index in [1.807, 2.05) is 5.32 Å². The van der Waals surface area contributed by atoms with Gasteiger partial charge in [-0.1, -0.05) is 13.8 Å². The Kier molecular flexibility index (Phi) is 11.9. The highest BCUT2D eigenvalue weighted by molar-refractivity contribution is 5.95. The van der Waals surface area contributed by atoms with E-state index < -0.39 is 85.2 Å². The first-order valence-corrected chi connectivity index (χ1v) is 9.68. The molecule has 0 aliphatic rings. The fourth-order valence-electron chi connectivity index (χ4n) is 2.40. The molecule has 0 saturated heterocycles. The van der Waals surface area contributed by atoms with Gasteiger partial charge < -0.3 is 42.1 Å². The molecule has 0 rings (SSSR count). The van der Waals surface area contributed by atoms with Gasteiger partial charge in [0.25, 0.3) is 0 Å². The number of rotatable bonds is 14. The fraction of sp³-hybridized carbons (Fsp3) is 0.667. The standard InChI is InChI=1S/C18H30N4O10/c1-7(2)13(19)16(29)22-14(8(3)23)17(30)20-9(4-5-11(24)25)15(28)21-10(18(31)32)6-12(26)27/h7-10,13-14,23H,4-6,19H2,1-3H3,(H,20,30)(H,21,28)(H,22,29)(H,24,25)(H,26,27)(H,31,32). The summed E-state index contributed by atoms with van der Waals surface area (Å²) in [6, 6.07) is -5.98. The van der Waals surface area contributed by atoms with Crippen LogP contribution in [0.3, 0.4) is 0 Å². The zero-order valence-electron chi connectivity index (χ0n) is 17.9.